The highest BCUT2D eigenvalue weighted by Crippen LogP contribution is 2.36. The Morgan fingerprint density at radius 1 is 0.938 bits per heavy atom. The number of rotatable bonds is 12. The van der Waals surface area contributed by atoms with E-state index >= 15 is 0 Å². The molecule has 32 heavy (non-hydrogen) atoms. The minimum absolute atomic E-state index is 0.0116. The number of anilines is 1. The molecule has 2 atom stereocenters. The summed E-state index contributed by atoms with van der Waals surface area (Å²) in [7, 11) is 0. The van der Waals surface area contributed by atoms with Gasteiger partial charge in [0.05, 0.1) is 56.0 Å². The Labute approximate surface area is 225 Å². The van der Waals surface area contributed by atoms with Crippen molar-refractivity contribution in [1.29, 1.82) is 0 Å². The van der Waals surface area contributed by atoms with Gasteiger partial charge in [-0.25, -0.2) is 0 Å². The lowest BCUT2D eigenvalue weighted by Gasteiger charge is -2.26. The number of amides is 3. The lowest BCUT2D eigenvalue weighted by atomic mass is 10.1. The third-order valence-electron chi connectivity index (χ3n) is 4.26. The Morgan fingerprint density at radius 2 is 1.50 bits per heavy atom. The molecular formula is C18H24I3N3O8. The molecule has 0 bridgehead atoms. The summed E-state index contributed by atoms with van der Waals surface area (Å²) in [6.45, 7) is -1.89. The molecule has 8 N–H and O–H groups in total. The third-order valence-corrected chi connectivity index (χ3v) is 7.49. The van der Waals surface area contributed by atoms with Gasteiger partial charge < -0.3 is 41.5 Å². The predicted octanol–water partition coefficient (Wildman–Crippen LogP) is -0.541. The first-order chi connectivity index (χ1) is 15.0. The SMILES string of the molecule is NC(=O)c1c(I)c(NC(=O)CCC(O)CO)c(I)c(C(=O)N(CCO)CC(O)CO)c1I. The first-order valence-corrected chi connectivity index (χ1v) is 12.5. The molecule has 0 radical (unpaired) electrons. The van der Waals surface area contributed by atoms with Crippen molar-refractivity contribution in [1.82, 2.24) is 4.90 Å². The van der Waals surface area contributed by atoms with Gasteiger partial charge in [0.1, 0.15) is 0 Å². The number of halogens is 3. The summed E-state index contributed by atoms with van der Waals surface area (Å²) in [5, 5.41) is 49.2. The van der Waals surface area contributed by atoms with Crippen LogP contribution in [0.4, 0.5) is 5.69 Å². The predicted molar refractivity (Wildman–Crippen MR) is 140 cm³/mol. The van der Waals surface area contributed by atoms with Gasteiger partial charge in [0.15, 0.2) is 0 Å². The van der Waals surface area contributed by atoms with Crippen molar-refractivity contribution in [2.24, 2.45) is 5.73 Å². The number of nitrogens with one attached hydrogen (secondary N) is 1. The minimum atomic E-state index is -1.24. The van der Waals surface area contributed by atoms with Gasteiger partial charge in [-0.2, -0.15) is 0 Å². The van der Waals surface area contributed by atoms with Crippen molar-refractivity contribution >= 4 is 91.2 Å². The normalized spacial score (nSPS) is 12.9. The second-order valence-corrected chi connectivity index (χ2v) is 9.90. The molecule has 3 amide bonds. The molecular weight excluding hydrogens is 767 g/mol. The molecule has 0 aliphatic rings. The zero-order chi connectivity index (χ0) is 24.6. The molecule has 0 aromatic heterocycles. The quantitative estimate of drug-likeness (QED) is 0.137. The van der Waals surface area contributed by atoms with Gasteiger partial charge >= 0.3 is 0 Å². The van der Waals surface area contributed by atoms with Crippen LogP contribution in [0.5, 0.6) is 0 Å². The van der Waals surface area contributed by atoms with E-state index in [0.717, 1.165) is 4.90 Å². The van der Waals surface area contributed by atoms with E-state index in [9.17, 15) is 29.7 Å². The standard InChI is InChI=1S/C18H24I3N3O8/c19-13-11(17(22)31)14(20)16(23-10(30)2-1-8(28)6-26)15(21)12(13)18(32)24(3-4-25)5-9(29)7-27/h8-9,25-29H,1-7H2,(H2,22,31)(H,23,30). The second kappa shape index (κ2) is 14.1. The van der Waals surface area contributed by atoms with E-state index in [2.05, 4.69) is 5.32 Å². The third kappa shape index (κ3) is 7.84. The van der Waals surface area contributed by atoms with Gasteiger partial charge in [0, 0.05) is 23.1 Å². The lowest BCUT2D eigenvalue weighted by molar-refractivity contribution is -0.116. The summed E-state index contributed by atoms with van der Waals surface area (Å²) in [6, 6.07) is 0. The zero-order valence-corrected chi connectivity index (χ0v) is 23.2. The maximum atomic E-state index is 13.3. The molecule has 0 saturated carbocycles. The van der Waals surface area contributed by atoms with Gasteiger partial charge in [-0.1, -0.05) is 0 Å². The fraction of sp³-hybridized carbons (Fsp3) is 0.500. The molecule has 1 aromatic carbocycles. The highest BCUT2D eigenvalue weighted by atomic mass is 127. The summed E-state index contributed by atoms with van der Waals surface area (Å²) in [6.07, 6.45) is -2.40. The Morgan fingerprint density at radius 3 is 2.00 bits per heavy atom. The number of aliphatic hydroxyl groups excluding tert-OH is 5. The summed E-state index contributed by atoms with van der Waals surface area (Å²) in [5.41, 5.74) is 5.77. The smallest absolute Gasteiger partial charge is 0.256 e. The van der Waals surface area contributed by atoms with Crippen LogP contribution in [0.25, 0.3) is 0 Å². The summed E-state index contributed by atoms with van der Waals surface area (Å²) < 4.78 is 0.869. The molecule has 1 rings (SSSR count). The number of hydrogen-bond donors (Lipinski definition) is 7. The molecule has 2 unspecified atom stereocenters. The number of hydrogen-bond acceptors (Lipinski definition) is 8. The van der Waals surface area contributed by atoms with E-state index < -0.39 is 49.8 Å². The first kappa shape index (κ1) is 29.7. The molecule has 0 heterocycles. The number of nitrogens with zero attached hydrogens (tertiary/aromatic N) is 1. The molecule has 14 heteroatoms. The van der Waals surface area contributed by atoms with Crippen molar-refractivity contribution < 1.29 is 39.9 Å². The highest BCUT2D eigenvalue weighted by Gasteiger charge is 2.30. The van der Waals surface area contributed by atoms with E-state index in [0.29, 0.717) is 7.14 Å². The van der Waals surface area contributed by atoms with Crippen LogP contribution in [0.1, 0.15) is 33.6 Å². The summed E-state index contributed by atoms with van der Waals surface area (Å²) in [5.74, 6) is -1.96. The number of carbonyl (C=O) groups is 3. The van der Waals surface area contributed by atoms with Gasteiger partial charge in [-0.05, 0) is 74.2 Å². The average Bonchev–Trinajstić information content (AvgIpc) is 2.73. The van der Waals surface area contributed by atoms with Gasteiger partial charge in [-0.15, -0.1) is 0 Å². The van der Waals surface area contributed by atoms with Crippen molar-refractivity contribution in [2.75, 3.05) is 38.2 Å². The molecule has 11 nitrogen and oxygen atoms in total. The fourth-order valence-corrected chi connectivity index (χ4v) is 7.06. The summed E-state index contributed by atoms with van der Waals surface area (Å²) >= 11 is 5.49. The maximum absolute atomic E-state index is 13.3. The topological polar surface area (TPSA) is 194 Å². The molecule has 0 fully saturated rings. The average molecular weight is 791 g/mol. The minimum Gasteiger partial charge on any atom is -0.395 e. The first-order valence-electron chi connectivity index (χ1n) is 9.28. The number of nitrogens with two attached hydrogens (primary N) is 1. The van der Waals surface area contributed by atoms with Crippen LogP contribution in [0.15, 0.2) is 0 Å². The Hall–Kier alpha value is -0.380. The van der Waals surface area contributed by atoms with Crippen molar-refractivity contribution in [3.05, 3.63) is 21.8 Å². The Balaban J connectivity index is 3.50. The molecule has 1 aromatic rings. The monoisotopic (exact) mass is 791 g/mol. The van der Waals surface area contributed by atoms with E-state index in [1.165, 1.54) is 0 Å². The fourth-order valence-electron chi connectivity index (χ4n) is 2.64. The summed E-state index contributed by atoms with van der Waals surface area (Å²) in [4.78, 5) is 38.9. The number of carbonyl (C=O) groups excluding carboxylic acids is 3. The van der Waals surface area contributed by atoms with E-state index in [1.54, 1.807) is 22.6 Å². The Bertz CT molecular complexity index is 855. The Kier molecular flexibility index (Phi) is 13.1. The van der Waals surface area contributed by atoms with Crippen molar-refractivity contribution in [3.8, 4) is 0 Å². The maximum Gasteiger partial charge on any atom is 0.256 e. The van der Waals surface area contributed by atoms with Crippen molar-refractivity contribution in [2.45, 2.75) is 25.0 Å². The number of aliphatic hydroxyl groups is 5. The van der Waals surface area contributed by atoms with E-state index in [1.807, 2.05) is 45.2 Å². The van der Waals surface area contributed by atoms with E-state index in [4.69, 9.17) is 15.9 Å². The molecule has 0 aliphatic heterocycles. The van der Waals surface area contributed by atoms with Crippen LogP contribution in [0, 0.1) is 10.7 Å². The van der Waals surface area contributed by atoms with Crippen LogP contribution in [0.2, 0.25) is 0 Å². The molecule has 0 saturated heterocycles. The highest BCUT2D eigenvalue weighted by molar-refractivity contribution is 14.1. The second-order valence-electron chi connectivity index (χ2n) is 6.67. The van der Waals surface area contributed by atoms with Gasteiger partial charge in [0.25, 0.3) is 11.8 Å². The lowest BCUT2D eigenvalue weighted by Crippen LogP contribution is -2.41. The largest absolute Gasteiger partial charge is 0.395 e. The molecule has 0 aliphatic carbocycles. The van der Waals surface area contributed by atoms with E-state index in [-0.39, 0.29) is 46.3 Å². The molecule has 180 valence electrons. The van der Waals surface area contributed by atoms with Crippen LogP contribution in [-0.2, 0) is 4.79 Å². The number of primary amides is 1. The number of benzene rings is 1. The van der Waals surface area contributed by atoms with Gasteiger partial charge in [-0.3, -0.25) is 14.4 Å². The van der Waals surface area contributed by atoms with Crippen LogP contribution < -0.4 is 11.1 Å². The van der Waals surface area contributed by atoms with Crippen LogP contribution >= 0.6 is 67.8 Å². The van der Waals surface area contributed by atoms with Gasteiger partial charge in [0.2, 0.25) is 5.91 Å². The van der Waals surface area contributed by atoms with Crippen LogP contribution in [0.3, 0.4) is 0 Å². The van der Waals surface area contributed by atoms with Crippen LogP contribution in [-0.4, -0.2) is 93.3 Å². The molecule has 0 spiro atoms. The zero-order valence-electron chi connectivity index (χ0n) is 16.7. The van der Waals surface area contributed by atoms with Crippen molar-refractivity contribution in [3.63, 3.8) is 0 Å².